The SMILES string of the molecule is C=C/C=C\C1=C(C)C(=O)N(OC(=O)C2CCCCC2)C1=O. The van der Waals surface area contributed by atoms with Gasteiger partial charge in [-0.15, -0.1) is 0 Å². The van der Waals surface area contributed by atoms with E-state index in [9.17, 15) is 14.4 Å². The Bertz CT molecular complexity index is 538. The van der Waals surface area contributed by atoms with E-state index in [0.717, 1.165) is 32.1 Å². The van der Waals surface area contributed by atoms with Crippen molar-refractivity contribution in [1.29, 1.82) is 0 Å². The van der Waals surface area contributed by atoms with E-state index in [1.807, 2.05) is 0 Å². The van der Waals surface area contributed by atoms with Gasteiger partial charge in [0.15, 0.2) is 0 Å². The maximum atomic E-state index is 12.1. The minimum Gasteiger partial charge on any atom is -0.329 e. The average Bonchev–Trinajstić information content (AvgIpc) is 2.70. The van der Waals surface area contributed by atoms with Gasteiger partial charge in [-0.25, -0.2) is 4.79 Å². The van der Waals surface area contributed by atoms with E-state index in [-0.39, 0.29) is 17.1 Å². The van der Waals surface area contributed by atoms with Crippen molar-refractivity contribution in [2.24, 2.45) is 5.92 Å². The second kappa shape index (κ2) is 6.52. The summed E-state index contributed by atoms with van der Waals surface area (Å²) in [5, 5.41) is 0.578. The van der Waals surface area contributed by atoms with Gasteiger partial charge in [0.25, 0.3) is 11.8 Å². The van der Waals surface area contributed by atoms with E-state index in [4.69, 9.17) is 4.84 Å². The third-order valence-corrected chi connectivity index (χ3v) is 3.84. The molecule has 2 amide bonds. The summed E-state index contributed by atoms with van der Waals surface area (Å²) in [6, 6.07) is 0. The number of amides is 2. The summed E-state index contributed by atoms with van der Waals surface area (Å²) >= 11 is 0. The number of carbonyl (C=O) groups excluding carboxylic acids is 3. The Balaban J connectivity index is 2.07. The molecule has 0 spiro atoms. The molecule has 0 unspecified atom stereocenters. The molecule has 2 rings (SSSR count). The van der Waals surface area contributed by atoms with Crippen LogP contribution in [0, 0.1) is 5.92 Å². The van der Waals surface area contributed by atoms with E-state index >= 15 is 0 Å². The fraction of sp³-hybridized carbons (Fsp3) is 0.438. The van der Waals surface area contributed by atoms with E-state index in [0.29, 0.717) is 5.06 Å². The minimum atomic E-state index is -0.597. The molecule has 1 fully saturated rings. The third kappa shape index (κ3) is 3.12. The summed E-state index contributed by atoms with van der Waals surface area (Å²) in [6.45, 7) is 5.05. The van der Waals surface area contributed by atoms with Crippen LogP contribution in [0.3, 0.4) is 0 Å². The highest BCUT2D eigenvalue weighted by molar-refractivity contribution is 6.20. The standard InChI is InChI=1S/C16H19NO4/c1-3-4-10-13-11(2)14(18)17(15(13)19)21-16(20)12-8-6-5-7-9-12/h3-4,10,12H,1,5-9H2,2H3/b10-4-. The summed E-state index contributed by atoms with van der Waals surface area (Å²) in [5.41, 5.74) is 0.505. The first-order valence-corrected chi connectivity index (χ1v) is 7.17. The number of rotatable bonds is 4. The molecule has 0 aromatic carbocycles. The molecule has 0 saturated heterocycles. The van der Waals surface area contributed by atoms with Crippen molar-refractivity contribution in [2.45, 2.75) is 39.0 Å². The van der Waals surface area contributed by atoms with Gasteiger partial charge in [0.05, 0.1) is 11.5 Å². The number of hydrogen-bond donors (Lipinski definition) is 0. The number of nitrogens with zero attached hydrogens (tertiary/aromatic N) is 1. The Labute approximate surface area is 123 Å². The first kappa shape index (κ1) is 15.2. The van der Waals surface area contributed by atoms with E-state index in [2.05, 4.69) is 6.58 Å². The van der Waals surface area contributed by atoms with E-state index in [1.165, 1.54) is 19.1 Å². The number of carbonyl (C=O) groups is 3. The Morgan fingerprint density at radius 1 is 1.24 bits per heavy atom. The van der Waals surface area contributed by atoms with Crippen molar-refractivity contribution >= 4 is 17.8 Å². The smallest absolute Gasteiger partial charge is 0.329 e. The van der Waals surface area contributed by atoms with Crippen LogP contribution in [0.2, 0.25) is 0 Å². The summed E-state index contributed by atoms with van der Waals surface area (Å²) in [4.78, 5) is 41.3. The lowest BCUT2D eigenvalue weighted by Crippen LogP contribution is -2.36. The molecule has 1 heterocycles. The van der Waals surface area contributed by atoms with Crippen LogP contribution in [0.4, 0.5) is 0 Å². The predicted octanol–water partition coefficient (Wildman–Crippen LogP) is 2.45. The predicted molar refractivity (Wildman–Crippen MR) is 76.6 cm³/mol. The quantitative estimate of drug-likeness (QED) is 0.589. The van der Waals surface area contributed by atoms with Crippen LogP contribution in [-0.2, 0) is 19.2 Å². The molecular weight excluding hydrogens is 270 g/mol. The molecule has 1 aliphatic carbocycles. The molecule has 2 aliphatic rings. The fourth-order valence-corrected chi connectivity index (χ4v) is 2.58. The molecule has 0 aromatic rings. The maximum Gasteiger partial charge on any atom is 0.336 e. The van der Waals surface area contributed by atoms with Crippen molar-refractivity contribution in [3.8, 4) is 0 Å². The Hall–Kier alpha value is -2.17. The molecule has 112 valence electrons. The summed E-state index contributed by atoms with van der Waals surface area (Å²) in [7, 11) is 0. The van der Waals surface area contributed by atoms with Crippen LogP contribution in [0.5, 0.6) is 0 Å². The lowest BCUT2D eigenvalue weighted by molar-refractivity contribution is -0.200. The zero-order chi connectivity index (χ0) is 15.4. The van der Waals surface area contributed by atoms with Crippen LogP contribution >= 0.6 is 0 Å². The first-order valence-electron chi connectivity index (χ1n) is 7.17. The van der Waals surface area contributed by atoms with E-state index in [1.54, 1.807) is 6.08 Å². The molecule has 0 N–H and O–H groups in total. The average molecular weight is 289 g/mol. The molecule has 0 atom stereocenters. The molecule has 21 heavy (non-hydrogen) atoms. The third-order valence-electron chi connectivity index (χ3n) is 3.84. The van der Waals surface area contributed by atoms with Crippen LogP contribution in [0.1, 0.15) is 39.0 Å². The largest absolute Gasteiger partial charge is 0.336 e. The van der Waals surface area contributed by atoms with Gasteiger partial charge in [0, 0.05) is 5.57 Å². The van der Waals surface area contributed by atoms with Gasteiger partial charge < -0.3 is 4.84 Å². The number of allylic oxidation sites excluding steroid dienone is 2. The topological polar surface area (TPSA) is 63.7 Å². The first-order chi connectivity index (χ1) is 10.1. The summed E-state index contributed by atoms with van der Waals surface area (Å²) < 4.78 is 0. The van der Waals surface area contributed by atoms with Crippen molar-refractivity contribution < 1.29 is 19.2 Å². The molecule has 1 aliphatic heterocycles. The number of hydroxylamine groups is 2. The van der Waals surface area contributed by atoms with Gasteiger partial charge in [-0.1, -0.05) is 43.1 Å². The highest BCUT2D eigenvalue weighted by Gasteiger charge is 2.39. The van der Waals surface area contributed by atoms with Crippen LogP contribution in [0.15, 0.2) is 36.0 Å². The second-order valence-corrected chi connectivity index (χ2v) is 5.28. The van der Waals surface area contributed by atoms with Crippen molar-refractivity contribution in [2.75, 3.05) is 0 Å². The van der Waals surface area contributed by atoms with Gasteiger partial charge in [-0.3, -0.25) is 9.59 Å². The highest BCUT2D eigenvalue weighted by atomic mass is 16.7. The lowest BCUT2D eigenvalue weighted by atomic mass is 9.89. The summed E-state index contributed by atoms with van der Waals surface area (Å²) in [5.74, 6) is -1.88. The van der Waals surface area contributed by atoms with Crippen LogP contribution < -0.4 is 0 Å². The molecule has 5 nitrogen and oxygen atoms in total. The fourth-order valence-electron chi connectivity index (χ4n) is 2.58. The van der Waals surface area contributed by atoms with Gasteiger partial charge in [0.2, 0.25) is 0 Å². The normalized spacial score (nSPS) is 20.5. The Kier molecular flexibility index (Phi) is 4.73. The molecule has 1 saturated carbocycles. The number of hydrogen-bond acceptors (Lipinski definition) is 4. The summed E-state index contributed by atoms with van der Waals surface area (Å²) in [6.07, 6.45) is 9.15. The molecule has 0 bridgehead atoms. The van der Waals surface area contributed by atoms with Crippen LogP contribution in [-0.4, -0.2) is 22.8 Å². The Morgan fingerprint density at radius 2 is 1.90 bits per heavy atom. The van der Waals surface area contributed by atoms with Crippen molar-refractivity contribution in [3.05, 3.63) is 36.0 Å². The van der Waals surface area contributed by atoms with E-state index < -0.39 is 17.8 Å². The molecule has 0 radical (unpaired) electrons. The maximum absolute atomic E-state index is 12.1. The number of imide groups is 1. The van der Waals surface area contributed by atoms with Crippen molar-refractivity contribution in [3.63, 3.8) is 0 Å². The van der Waals surface area contributed by atoms with Gasteiger partial charge in [0.1, 0.15) is 0 Å². The lowest BCUT2D eigenvalue weighted by Gasteiger charge is -2.22. The van der Waals surface area contributed by atoms with Crippen LogP contribution in [0.25, 0.3) is 0 Å². The Morgan fingerprint density at radius 3 is 2.52 bits per heavy atom. The van der Waals surface area contributed by atoms with Gasteiger partial charge in [-0.2, -0.15) is 0 Å². The van der Waals surface area contributed by atoms with Gasteiger partial charge in [-0.05, 0) is 25.8 Å². The minimum absolute atomic E-state index is 0.215. The molecule has 5 heteroatoms. The zero-order valence-corrected chi connectivity index (χ0v) is 12.1. The highest BCUT2D eigenvalue weighted by Crippen LogP contribution is 2.27. The van der Waals surface area contributed by atoms with Gasteiger partial charge >= 0.3 is 5.97 Å². The second-order valence-electron chi connectivity index (χ2n) is 5.28. The van der Waals surface area contributed by atoms with Crippen molar-refractivity contribution in [1.82, 2.24) is 5.06 Å². The molecule has 0 aromatic heterocycles. The monoisotopic (exact) mass is 289 g/mol. The molecular formula is C16H19NO4. The zero-order valence-electron chi connectivity index (χ0n) is 12.1.